The van der Waals surface area contributed by atoms with E-state index in [0.717, 1.165) is 32.7 Å². The first-order valence-electron chi connectivity index (χ1n) is 8.95. The van der Waals surface area contributed by atoms with Crippen LogP contribution in [0, 0.1) is 0 Å². The highest BCUT2D eigenvalue weighted by molar-refractivity contribution is 6.10. The fraction of sp³-hybridized carbons (Fsp3) is 0.0833. The lowest BCUT2D eigenvalue weighted by atomic mass is 9.92. The Morgan fingerprint density at radius 1 is 0.643 bits per heavy atom. The normalized spacial score (nSPS) is 10.8. The quantitative estimate of drug-likeness (QED) is 0.352. The summed E-state index contributed by atoms with van der Waals surface area (Å²) in [4.78, 5) is 23.4. The Hall–Kier alpha value is -3.66. The Balaban J connectivity index is 2.14. The first kappa shape index (κ1) is 17.7. The summed E-state index contributed by atoms with van der Waals surface area (Å²) in [5.41, 5.74) is 1.63. The van der Waals surface area contributed by atoms with Crippen LogP contribution in [0.1, 0.15) is 13.8 Å². The minimum atomic E-state index is -0.411. The molecule has 0 amide bonds. The molecule has 0 N–H and O–H groups in total. The van der Waals surface area contributed by atoms with Gasteiger partial charge in [0.2, 0.25) is 0 Å². The van der Waals surface area contributed by atoms with E-state index in [2.05, 4.69) is 0 Å². The number of hydrogen-bond donors (Lipinski definition) is 0. The predicted octanol–water partition coefficient (Wildman–Crippen LogP) is 5.51. The zero-order valence-electron chi connectivity index (χ0n) is 15.6. The van der Waals surface area contributed by atoms with Gasteiger partial charge in [0.25, 0.3) is 0 Å². The molecule has 138 valence electrons. The molecule has 4 aromatic carbocycles. The van der Waals surface area contributed by atoms with Gasteiger partial charge in [0, 0.05) is 24.8 Å². The van der Waals surface area contributed by atoms with Crippen LogP contribution >= 0.6 is 0 Å². The predicted molar refractivity (Wildman–Crippen MR) is 110 cm³/mol. The third-order valence-electron chi connectivity index (χ3n) is 4.54. The number of hydrogen-bond acceptors (Lipinski definition) is 4. The number of carbonyl (C=O) groups excluding carboxylic acids is 2. The summed E-state index contributed by atoms with van der Waals surface area (Å²) in [5, 5.41) is 3.70. The first-order valence-corrected chi connectivity index (χ1v) is 8.95. The molecule has 0 heterocycles. The second-order valence-corrected chi connectivity index (χ2v) is 6.51. The van der Waals surface area contributed by atoms with Gasteiger partial charge in [-0.3, -0.25) is 9.59 Å². The lowest BCUT2D eigenvalue weighted by Crippen LogP contribution is -2.05. The molecule has 4 aromatic rings. The highest BCUT2D eigenvalue weighted by atomic mass is 16.5. The Morgan fingerprint density at radius 3 is 2.07 bits per heavy atom. The van der Waals surface area contributed by atoms with Crippen molar-refractivity contribution in [3.8, 4) is 22.6 Å². The van der Waals surface area contributed by atoms with E-state index >= 15 is 0 Å². The third kappa shape index (κ3) is 3.21. The van der Waals surface area contributed by atoms with Gasteiger partial charge in [0.1, 0.15) is 11.5 Å². The summed E-state index contributed by atoms with van der Waals surface area (Å²) < 4.78 is 11.0. The minimum absolute atomic E-state index is 0.408. The molecule has 0 radical (unpaired) electrons. The molecule has 0 atom stereocenters. The zero-order chi connectivity index (χ0) is 19.7. The first-order chi connectivity index (χ1) is 13.5. The molecule has 0 aliphatic carbocycles. The van der Waals surface area contributed by atoms with Crippen molar-refractivity contribution in [3.05, 3.63) is 72.8 Å². The van der Waals surface area contributed by atoms with Gasteiger partial charge in [-0.1, -0.05) is 60.7 Å². The van der Waals surface area contributed by atoms with Crippen molar-refractivity contribution >= 4 is 33.5 Å². The molecule has 4 heteroatoms. The lowest BCUT2D eigenvalue weighted by molar-refractivity contribution is -0.132. The van der Waals surface area contributed by atoms with E-state index in [1.54, 1.807) is 12.1 Å². The summed E-state index contributed by atoms with van der Waals surface area (Å²) >= 11 is 0. The van der Waals surface area contributed by atoms with Crippen LogP contribution in [0.4, 0.5) is 0 Å². The largest absolute Gasteiger partial charge is 0.426 e. The summed E-state index contributed by atoms with van der Waals surface area (Å²) in [5.74, 6) is 0.0398. The van der Waals surface area contributed by atoms with Crippen molar-refractivity contribution in [1.29, 1.82) is 0 Å². The monoisotopic (exact) mass is 370 g/mol. The molecular formula is C24H18O4. The topological polar surface area (TPSA) is 52.6 Å². The van der Waals surface area contributed by atoms with Gasteiger partial charge in [-0.25, -0.2) is 0 Å². The summed E-state index contributed by atoms with van der Waals surface area (Å²) in [6.07, 6.45) is 0. The van der Waals surface area contributed by atoms with Gasteiger partial charge >= 0.3 is 11.9 Å². The lowest BCUT2D eigenvalue weighted by Gasteiger charge is -2.17. The maximum absolute atomic E-state index is 11.8. The molecule has 0 spiro atoms. The second kappa shape index (κ2) is 7.16. The summed E-state index contributed by atoms with van der Waals surface area (Å²) in [7, 11) is 0. The Labute approximate surface area is 162 Å². The number of carbonyl (C=O) groups is 2. The standard InChI is InChI=1S/C24H18O4/c1-15(25)27-21-12-6-9-18-13-14-22(28-16(2)26)24(23(18)21)20-11-5-8-17-7-3-4-10-19(17)20/h3-14H,1-2H3. The molecule has 0 aliphatic heterocycles. The molecule has 0 fully saturated rings. The smallest absolute Gasteiger partial charge is 0.308 e. The van der Waals surface area contributed by atoms with Crippen molar-refractivity contribution in [3.63, 3.8) is 0 Å². The zero-order valence-corrected chi connectivity index (χ0v) is 15.6. The minimum Gasteiger partial charge on any atom is -0.426 e. The fourth-order valence-corrected chi connectivity index (χ4v) is 3.52. The van der Waals surface area contributed by atoms with Gasteiger partial charge in [-0.15, -0.1) is 0 Å². The van der Waals surface area contributed by atoms with Gasteiger partial charge in [0.05, 0.1) is 0 Å². The molecule has 0 aromatic heterocycles. The highest BCUT2D eigenvalue weighted by Gasteiger charge is 2.19. The molecule has 0 saturated carbocycles. The average molecular weight is 370 g/mol. The molecule has 0 aliphatic rings. The molecule has 0 saturated heterocycles. The van der Waals surface area contributed by atoms with Crippen LogP contribution in [0.25, 0.3) is 32.7 Å². The van der Waals surface area contributed by atoms with Crippen LogP contribution in [-0.4, -0.2) is 11.9 Å². The van der Waals surface area contributed by atoms with E-state index in [1.807, 2.05) is 60.7 Å². The van der Waals surface area contributed by atoms with Crippen molar-refractivity contribution < 1.29 is 19.1 Å². The number of fused-ring (bicyclic) bond motifs is 2. The van der Waals surface area contributed by atoms with Crippen LogP contribution in [-0.2, 0) is 9.59 Å². The van der Waals surface area contributed by atoms with Crippen LogP contribution in [0.15, 0.2) is 72.8 Å². The van der Waals surface area contributed by atoms with E-state index in [0.29, 0.717) is 11.5 Å². The van der Waals surface area contributed by atoms with E-state index in [-0.39, 0.29) is 0 Å². The number of esters is 2. The maximum Gasteiger partial charge on any atom is 0.308 e. The number of benzene rings is 4. The van der Waals surface area contributed by atoms with Gasteiger partial charge in [0.15, 0.2) is 0 Å². The van der Waals surface area contributed by atoms with E-state index in [4.69, 9.17) is 9.47 Å². The van der Waals surface area contributed by atoms with Crippen LogP contribution in [0.5, 0.6) is 11.5 Å². The Bertz CT molecular complexity index is 1220. The van der Waals surface area contributed by atoms with Gasteiger partial charge in [-0.05, 0) is 33.9 Å². The molecule has 4 rings (SSSR count). The van der Waals surface area contributed by atoms with Crippen LogP contribution in [0.3, 0.4) is 0 Å². The second-order valence-electron chi connectivity index (χ2n) is 6.51. The summed E-state index contributed by atoms with van der Waals surface area (Å²) in [6.45, 7) is 2.74. The summed E-state index contributed by atoms with van der Waals surface area (Å²) in [6, 6.07) is 23.1. The molecule has 0 unspecified atom stereocenters. The maximum atomic E-state index is 11.8. The highest BCUT2D eigenvalue weighted by Crippen LogP contribution is 2.44. The van der Waals surface area contributed by atoms with Crippen molar-refractivity contribution in [2.75, 3.05) is 0 Å². The Kier molecular flexibility index (Phi) is 4.53. The number of rotatable bonds is 3. The number of ether oxygens (including phenoxy) is 2. The average Bonchev–Trinajstić information content (AvgIpc) is 2.67. The molecule has 4 nitrogen and oxygen atoms in total. The van der Waals surface area contributed by atoms with E-state index in [9.17, 15) is 9.59 Å². The molecular weight excluding hydrogens is 352 g/mol. The fourth-order valence-electron chi connectivity index (χ4n) is 3.52. The van der Waals surface area contributed by atoms with Crippen molar-refractivity contribution in [2.24, 2.45) is 0 Å². The third-order valence-corrected chi connectivity index (χ3v) is 4.54. The molecule has 28 heavy (non-hydrogen) atoms. The molecule has 0 bridgehead atoms. The van der Waals surface area contributed by atoms with Gasteiger partial charge in [-0.2, -0.15) is 0 Å². The van der Waals surface area contributed by atoms with Crippen molar-refractivity contribution in [2.45, 2.75) is 13.8 Å². The van der Waals surface area contributed by atoms with Crippen LogP contribution < -0.4 is 9.47 Å². The van der Waals surface area contributed by atoms with Gasteiger partial charge < -0.3 is 9.47 Å². The van der Waals surface area contributed by atoms with E-state index in [1.165, 1.54) is 13.8 Å². The van der Waals surface area contributed by atoms with Crippen LogP contribution in [0.2, 0.25) is 0 Å². The Morgan fingerprint density at radius 2 is 1.29 bits per heavy atom. The van der Waals surface area contributed by atoms with Crippen molar-refractivity contribution in [1.82, 2.24) is 0 Å². The SMILES string of the molecule is CC(=O)Oc1ccc2cccc(OC(C)=O)c2c1-c1cccc2ccccc12. The van der Waals surface area contributed by atoms with E-state index < -0.39 is 11.9 Å².